The van der Waals surface area contributed by atoms with Gasteiger partial charge in [-0.25, -0.2) is 4.98 Å². The number of carboxylic acid groups (broad SMARTS) is 1. The number of halogens is 2. The third-order valence-electron chi connectivity index (χ3n) is 2.35. The number of aromatic nitrogens is 1. The zero-order valence-electron chi connectivity index (χ0n) is 12.9. The molecule has 0 unspecified atom stereocenters. The fraction of sp³-hybridized carbons (Fsp3) is 0.500. The molecule has 7 nitrogen and oxygen atoms in total. The van der Waals surface area contributed by atoms with Crippen LogP contribution in [0.2, 0.25) is 10.0 Å². The van der Waals surface area contributed by atoms with Gasteiger partial charge in [-0.1, -0.05) is 23.2 Å². The van der Waals surface area contributed by atoms with E-state index in [2.05, 4.69) is 4.98 Å². The highest BCUT2D eigenvalue weighted by Gasteiger charge is 2.25. The molecule has 1 aromatic rings. The normalized spacial score (nSPS) is 12.9. The molecule has 0 saturated carbocycles. The molecule has 136 valence electrons. The Bertz CT molecular complexity index is 628. The molecule has 0 radical (unpaired) electrons. The predicted octanol–water partition coefficient (Wildman–Crippen LogP) is 3.57. The molecule has 1 heterocycles. The van der Waals surface area contributed by atoms with Crippen molar-refractivity contribution < 1.29 is 23.5 Å². The van der Waals surface area contributed by atoms with E-state index in [-0.39, 0.29) is 21.7 Å². The van der Waals surface area contributed by atoms with Crippen LogP contribution in [0.25, 0.3) is 0 Å². The van der Waals surface area contributed by atoms with Crippen LogP contribution in [0.15, 0.2) is 11.1 Å². The first-order valence-corrected chi connectivity index (χ1v) is 11.1. The van der Waals surface area contributed by atoms with E-state index < -0.39 is 18.7 Å². The standard InChI is InChI=1S/C12H17Cl2N2O5PS2/c1-3-19-22(23,20-4-2)21-10-7(13)5-8(14)11(16-10)24-6-9(15)12(17)18/h5,9H,3-4,6,15H2,1-2H3,(H,17,18)/t9-/m0/s1. The van der Waals surface area contributed by atoms with Gasteiger partial charge in [-0.2, -0.15) is 0 Å². The molecule has 3 N–H and O–H groups in total. The molecule has 24 heavy (non-hydrogen) atoms. The molecular formula is C12H17Cl2N2O5PS2. The van der Waals surface area contributed by atoms with E-state index in [1.54, 1.807) is 13.8 Å². The maximum atomic E-state index is 10.8. The van der Waals surface area contributed by atoms with Crippen LogP contribution in [0.1, 0.15) is 13.8 Å². The number of aliphatic carboxylic acids is 1. The zero-order valence-corrected chi connectivity index (χ0v) is 16.9. The van der Waals surface area contributed by atoms with E-state index in [1.807, 2.05) is 0 Å². The van der Waals surface area contributed by atoms with Gasteiger partial charge < -0.3 is 15.4 Å². The summed E-state index contributed by atoms with van der Waals surface area (Å²) in [5.74, 6) is -1.03. The molecule has 12 heteroatoms. The minimum absolute atomic E-state index is 0.0118. The van der Waals surface area contributed by atoms with Gasteiger partial charge in [0, 0.05) is 17.6 Å². The van der Waals surface area contributed by atoms with Gasteiger partial charge in [-0.05, 0) is 19.9 Å². The number of thioether (sulfide) groups is 1. The van der Waals surface area contributed by atoms with Gasteiger partial charge >= 0.3 is 12.7 Å². The van der Waals surface area contributed by atoms with Crippen molar-refractivity contribution in [2.75, 3.05) is 19.0 Å². The van der Waals surface area contributed by atoms with E-state index >= 15 is 0 Å². The van der Waals surface area contributed by atoms with Crippen molar-refractivity contribution in [2.24, 2.45) is 5.73 Å². The Balaban J connectivity index is 3.01. The minimum atomic E-state index is -3.04. The zero-order chi connectivity index (χ0) is 18.3. The number of nitrogens with two attached hydrogens (primary N) is 1. The van der Waals surface area contributed by atoms with Crippen LogP contribution in [-0.2, 0) is 25.6 Å². The first-order chi connectivity index (χ1) is 11.2. The Morgan fingerprint density at radius 3 is 2.50 bits per heavy atom. The summed E-state index contributed by atoms with van der Waals surface area (Å²) in [4.78, 5) is 15.0. The number of pyridine rings is 1. The highest BCUT2D eigenvalue weighted by atomic mass is 35.5. The number of carboxylic acids is 1. The van der Waals surface area contributed by atoms with Crippen LogP contribution in [0.3, 0.4) is 0 Å². The Labute approximate surface area is 159 Å². The summed E-state index contributed by atoms with van der Waals surface area (Å²) in [5.41, 5.74) is 5.46. The second-order valence-electron chi connectivity index (χ2n) is 4.19. The molecule has 0 amide bonds. The molecule has 0 spiro atoms. The van der Waals surface area contributed by atoms with Crippen LogP contribution >= 0.6 is 41.7 Å². The number of rotatable bonds is 10. The molecule has 0 bridgehead atoms. The topological polar surface area (TPSA) is 104 Å². The fourth-order valence-electron chi connectivity index (χ4n) is 1.35. The van der Waals surface area contributed by atoms with Crippen molar-refractivity contribution in [2.45, 2.75) is 24.9 Å². The summed E-state index contributed by atoms with van der Waals surface area (Å²) in [6.45, 7) is 1.08. The molecule has 0 saturated heterocycles. The second kappa shape index (κ2) is 10.1. The second-order valence-corrected chi connectivity index (χ2v) is 8.95. The average molecular weight is 435 g/mol. The van der Waals surface area contributed by atoms with Crippen LogP contribution in [0, 0.1) is 0 Å². The molecular weight excluding hydrogens is 418 g/mol. The third kappa shape index (κ3) is 6.65. The molecule has 0 aliphatic rings. The van der Waals surface area contributed by atoms with Gasteiger partial charge in [0.25, 0.3) is 0 Å². The lowest BCUT2D eigenvalue weighted by atomic mass is 10.4. The number of hydrogen-bond donors (Lipinski definition) is 2. The van der Waals surface area contributed by atoms with Gasteiger partial charge in [0.15, 0.2) is 0 Å². The molecule has 0 aliphatic carbocycles. The van der Waals surface area contributed by atoms with Crippen molar-refractivity contribution in [3.05, 3.63) is 16.1 Å². The lowest BCUT2D eigenvalue weighted by Gasteiger charge is -2.21. The molecule has 1 rings (SSSR count). The van der Waals surface area contributed by atoms with Crippen molar-refractivity contribution in [1.29, 1.82) is 0 Å². The van der Waals surface area contributed by atoms with Crippen LogP contribution < -0.4 is 10.3 Å². The van der Waals surface area contributed by atoms with Gasteiger partial charge in [0.05, 0.1) is 18.2 Å². The Kier molecular flexibility index (Phi) is 9.25. The number of hydrogen-bond acceptors (Lipinski definition) is 8. The van der Waals surface area contributed by atoms with Crippen molar-refractivity contribution >= 4 is 59.5 Å². The molecule has 0 aliphatic heterocycles. The number of nitrogens with zero attached hydrogens (tertiary/aromatic N) is 1. The minimum Gasteiger partial charge on any atom is -0.480 e. The van der Waals surface area contributed by atoms with E-state index in [4.69, 9.17) is 59.4 Å². The summed E-state index contributed by atoms with van der Waals surface area (Å²) >= 11 is 18.5. The summed E-state index contributed by atoms with van der Waals surface area (Å²) in [6, 6.07) is 0.378. The quantitative estimate of drug-likeness (QED) is 0.422. The lowest BCUT2D eigenvalue weighted by molar-refractivity contribution is -0.137. The first-order valence-electron chi connectivity index (χ1n) is 6.78. The Hall–Kier alpha value is -0.120. The van der Waals surface area contributed by atoms with Crippen molar-refractivity contribution in [3.63, 3.8) is 0 Å². The molecule has 0 fully saturated rings. The maximum absolute atomic E-state index is 10.8. The first kappa shape index (κ1) is 21.9. The summed E-state index contributed by atoms with van der Waals surface area (Å²) < 4.78 is 16.3. The Morgan fingerprint density at radius 2 is 2.00 bits per heavy atom. The highest BCUT2D eigenvalue weighted by Crippen LogP contribution is 2.51. The number of carbonyl (C=O) groups is 1. The smallest absolute Gasteiger partial charge is 0.381 e. The van der Waals surface area contributed by atoms with E-state index in [0.717, 1.165) is 11.8 Å². The fourth-order valence-corrected chi connectivity index (χ4v) is 4.80. The van der Waals surface area contributed by atoms with Crippen LogP contribution in [-0.4, -0.2) is 41.1 Å². The van der Waals surface area contributed by atoms with Crippen LogP contribution in [0.4, 0.5) is 0 Å². The summed E-state index contributed by atoms with van der Waals surface area (Å²) in [5, 5.41) is 9.53. The maximum Gasteiger partial charge on any atom is 0.381 e. The molecule has 1 atom stereocenters. The summed E-state index contributed by atoms with van der Waals surface area (Å²) in [6.07, 6.45) is 0. The van der Waals surface area contributed by atoms with E-state index in [9.17, 15) is 4.79 Å². The average Bonchev–Trinajstić information content (AvgIpc) is 2.48. The van der Waals surface area contributed by atoms with Crippen molar-refractivity contribution in [1.82, 2.24) is 4.98 Å². The van der Waals surface area contributed by atoms with Gasteiger partial charge in [0.1, 0.15) is 16.1 Å². The summed E-state index contributed by atoms with van der Waals surface area (Å²) in [7, 11) is 0. The largest absolute Gasteiger partial charge is 0.480 e. The third-order valence-corrected chi connectivity index (χ3v) is 6.54. The van der Waals surface area contributed by atoms with Gasteiger partial charge in [0.2, 0.25) is 5.88 Å². The van der Waals surface area contributed by atoms with Gasteiger partial charge in [-0.15, -0.1) is 11.8 Å². The van der Waals surface area contributed by atoms with E-state index in [0.29, 0.717) is 18.2 Å². The van der Waals surface area contributed by atoms with E-state index in [1.165, 1.54) is 6.07 Å². The lowest BCUT2D eigenvalue weighted by Crippen LogP contribution is -2.32. The van der Waals surface area contributed by atoms with Crippen LogP contribution in [0.5, 0.6) is 5.88 Å². The predicted molar refractivity (Wildman–Crippen MR) is 98.8 cm³/mol. The monoisotopic (exact) mass is 434 g/mol. The molecule has 0 aromatic carbocycles. The molecule has 1 aromatic heterocycles. The van der Waals surface area contributed by atoms with Gasteiger partial charge in [-0.3, -0.25) is 13.8 Å². The Morgan fingerprint density at radius 1 is 1.42 bits per heavy atom. The van der Waals surface area contributed by atoms with Crippen molar-refractivity contribution in [3.8, 4) is 5.88 Å². The SMILES string of the molecule is CCOP(=S)(OCC)Oc1nc(SC[C@H](N)C(=O)O)c(Cl)cc1Cl. The highest BCUT2D eigenvalue weighted by molar-refractivity contribution is 8.07.